The highest BCUT2D eigenvalue weighted by molar-refractivity contribution is 6.31. The van der Waals surface area contributed by atoms with Crippen molar-refractivity contribution in [2.45, 2.75) is 31.8 Å². The molecule has 2 aromatic carbocycles. The fourth-order valence-corrected chi connectivity index (χ4v) is 5.50. The Hall–Kier alpha value is -3.31. The minimum Gasteiger partial charge on any atom is -0.491 e. The van der Waals surface area contributed by atoms with Crippen LogP contribution in [-0.2, 0) is 9.53 Å². The number of aromatic nitrogens is 2. The maximum atomic E-state index is 13.7. The fraction of sp³-hybridized carbons (Fsp3) is 0.452. The molecule has 3 heterocycles. The van der Waals surface area contributed by atoms with Crippen LogP contribution in [0.2, 0.25) is 5.02 Å². The van der Waals surface area contributed by atoms with Crippen LogP contribution in [0, 0.1) is 11.7 Å². The highest BCUT2D eigenvalue weighted by Gasteiger charge is 2.24. The van der Waals surface area contributed by atoms with Gasteiger partial charge in [-0.3, -0.25) is 14.6 Å². The number of ether oxygens (including phenoxy) is 2. The van der Waals surface area contributed by atoms with Crippen LogP contribution >= 0.6 is 11.6 Å². The molecule has 1 saturated carbocycles. The number of fused-ring (bicyclic) bond motifs is 1. The molecule has 42 heavy (non-hydrogen) atoms. The molecular weight excluding hydrogens is 559 g/mol. The van der Waals surface area contributed by atoms with Crippen LogP contribution in [0.3, 0.4) is 0 Å². The third-order valence-corrected chi connectivity index (χ3v) is 8.22. The van der Waals surface area contributed by atoms with Gasteiger partial charge in [0.1, 0.15) is 23.7 Å². The Morgan fingerprint density at radius 2 is 1.95 bits per heavy atom. The Morgan fingerprint density at radius 1 is 1.12 bits per heavy atom. The van der Waals surface area contributed by atoms with E-state index in [2.05, 4.69) is 30.4 Å². The lowest BCUT2D eigenvalue weighted by molar-refractivity contribution is -0.111. The maximum absolute atomic E-state index is 13.7. The van der Waals surface area contributed by atoms with Crippen molar-refractivity contribution in [3.63, 3.8) is 0 Å². The molecule has 2 aliphatic heterocycles. The summed E-state index contributed by atoms with van der Waals surface area (Å²) >= 11 is 5.97. The minimum absolute atomic E-state index is 0.00872. The van der Waals surface area contributed by atoms with Crippen LogP contribution < -0.4 is 15.4 Å². The lowest BCUT2D eigenvalue weighted by atomic mass is 10.1. The second kappa shape index (κ2) is 13.3. The van der Waals surface area contributed by atoms with E-state index >= 15 is 0 Å². The van der Waals surface area contributed by atoms with Crippen LogP contribution in [0.1, 0.15) is 25.7 Å². The molecule has 3 aromatic rings. The van der Waals surface area contributed by atoms with E-state index in [9.17, 15) is 9.18 Å². The van der Waals surface area contributed by atoms with Crippen LogP contribution in [0.25, 0.3) is 10.9 Å². The summed E-state index contributed by atoms with van der Waals surface area (Å²) in [6, 6.07) is 8.00. The van der Waals surface area contributed by atoms with Crippen LogP contribution in [0.5, 0.6) is 5.75 Å². The average Bonchev–Trinajstić information content (AvgIpc) is 3.68. The van der Waals surface area contributed by atoms with Gasteiger partial charge < -0.3 is 20.1 Å². The molecule has 222 valence electrons. The predicted molar refractivity (Wildman–Crippen MR) is 162 cm³/mol. The van der Waals surface area contributed by atoms with Gasteiger partial charge in [-0.1, -0.05) is 17.7 Å². The first-order valence-electron chi connectivity index (χ1n) is 14.7. The summed E-state index contributed by atoms with van der Waals surface area (Å²) in [6.45, 7) is 7.18. The van der Waals surface area contributed by atoms with Crippen LogP contribution in [0.15, 0.2) is 48.8 Å². The number of hydrogen-bond donors (Lipinski definition) is 2. The Balaban J connectivity index is 1.11. The molecule has 2 saturated heterocycles. The zero-order valence-electron chi connectivity index (χ0n) is 23.5. The molecule has 11 heteroatoms. The van der Waals surface area contributed by atoms with Crippen molar-refractivity contribution in [1.82, 2.24) is 19.8 Å². The summed E-state index contributed by atoms with van der Waals surface area (Å²) in [5.41, 5.74) is 1.77. The summed E-state index contributed by atoms with van der Waals surface area (Å²) in [4.78, 5) is 26.6. The van der Waals surface area contributed by atoms with Gasteiger partial charge >= 0.3 is 0 Å². The van der Waals surface area contributed by atoms with E-state index in [1.165, 1.54) is 24.9 Å². The SMILES string of the molecule is O=C(/C=C/CN1CCN(CC2CCCO2)CC1)Nc1cc2c(Nc3ccc(F)c(Cl)c3)ncnc2cc1OCC1CC1. The molecule has 3 fully saturated rings. The highest BCUT2D eigenvalue weighted by atomic mass is 35.5. The minimum atomic E-state index is -0.498. The molecule has 1 amide bonds. The molecule has 1 atom stereocenters. The van der Waals surface area contributed by atoms with E-state index in [1.54, 1.807) is 12.1 Å². The number of nitrogens with one attached hydrogen (secondary N) is 2. The molecule has 0 bridgehead atoms. The normalized spacial score (nSPS) is 19.9. The van der Waals surface area contributed by atoms with Crippen molar-refractivity contribution < 1.29 is 18.7 Å². The summed E-state index contributed by atoms with van der Waals surface area (Å²) < 4.78 is 25.6. The molecular formula is C31H36ClFN6O3. The Labute approximate surface area is 250 Å². The van der Waals surface area contributed by atoms with Crippen molar-refractivity contribution in [2.24, 2.45) is 5.92 Å². The number of rotatable bonds is 11. The van der Waals surface area contributed by atoms with Gasteiger partial charge in [0.2, 0.25) is 5.91 Å². The lowest BCUT2D eigenvalue weighted by Crippen LogP contribution is -2.48. The summed E-state index contributed by atoms with van der Waals surface area (Å²) in [6.07, 6.45) is 9.95. The first-order chi connectivity index (χ1) is 20.5. The standard InChI is InChI=1S/C31H36ClFN6O3/c32-25-15-22(7-8-26(25)33)36-31-24-16-28(29(42-19-21-5-6-21)17-27(24)34-20-35-31)37-30(40)4-1-9-38-10-12-39(13-11-38)18-23-3-2-14-41-23/h1,4,7-8,15-17,20-21,23H,2-3,5-6,9-14,18-19H2,(H,37,40)(H,34,35,36)/b4-1+. The Bertz CT molecular complexity index is 1440. The smallest absolute Gasteiger partial charge is 0.248 e. The summed E-state index contributed by atoms with van der Waals surface area (Å²) in [5, 5.41) is 6.86. The number of piperazine rings is 1. The number of carbonyl (C=O) groups excluding carboxylic acids is 1. The van der Waals surface area contributed by atoms with Gasteiger partial charge in [0.15, 0.2) is 0 Å². The fourth-order valence-electron chi connectivity index (χ4n) is 5.32. The molecule has 3 aliphatic rings. The molecule has 1 aliphatic carbocycles. The number of halogens is 2. The van der Waals surface area contributed by atoms with Crippen molar-refractivity contribution >= 4 is 45.6 Å². The average molecular weight is 595 g/mol. The quantitative estimate of drug-likeness (QED) is 0.291. The van der Waals surface area contributed by atoms with E-state index in [4.69, 9.17) is 21.1 Å². The predicted octanol–water partition coefficient (Wildman–Crippen LogP) is 5.25. The van der Waals surface area contributed by atoms with E-state index in [1.807, 2.05) is 18.2 Å². The molecule has 0 spiro atoms. The molecule has 2 N–H and O–H groups in total. The second-order valence-corrected chi connectivity index (χ2v) is 11.6. The largest absolute Gasteiger partial charge is 0.491 e. The molecule has 0 radical (unpaired) electrons. The van der Waals surface area contributed by atoms with Crippen molar-refractivity contribution in [3.05, 3.63) is 59.7 Å². The molecule has 1 aromatic heterocycles. The number of benzene rings is 2. The Morgan fingerprint density at radius 3 is 2.71 bits per heavy atom. The van der Waals surface area contributed by atoms with Gasteiger partial charge in [0.25, 0.3) is 0 Å². The first kappa shape index (κ1) is 28.8. The van der Waals surface area contributed by atoms with Crippen LogP contribution in [-0.4, -0.2) is 84.3 Å². The van der Waals surface area contributed by atoms with Crippen molar-refractivity contribution in [2.75, 3.05) is 63.1 Å². The van der Waals surface area contributed by atoms with E-state index < -0.39 is 5.82 Å². The zero-order chi connectivity index (χ0) is 28.9. The topological polar surface area (TPSA) is 91.9 Å². The zero-order valence-corrected chi connectivity index (χ0v) is 24.3. The van der Waals surface area contributed by atoms with Gasteiger partial charge in [-0.2, -0.15) is 0 Å². The van der Waals surface area contributed by atoms with Gasteiger partial charge in [0.05, 0.1) is 28.9 Å². The van der Waals surface area contributed by atoms with Crippen molar-refractivity contribution in [1.29, 1.82) is 0 Å². The number of hydrogen-bond acceptors (Lipinski definition) is 8. The third kappa shape index (κ3) is 7.55. The Kier molecular flexibility index (Phi) is 9.14. The number of nitrogens with zero attached hydrogens (tertiary/aromatic N) is 4. The monoisotopic (exact) mass is 594 g/mol. The van der Waals surface area contributed by atoms with E-state index in [0.717, 1.165) is 58.6 Å². The number of carbonyl (C=O) groups is 1. The number of amides is 1. The van der Waals surface area contributed by atoms with Crippen LogP contribution in [0.4, 0.5) is 21.6 Å². The van der Waals surface area contributed by atoms with Gasteiger partial charge in [-0.05, 0) is 55.9 Å². The van der Waals surface area contributed by atoms with Crippen molar-refractivity contribution in [3.8, 4) is 5.75 Å². The third-order valence-electron chi connectivity index (χ3n) is 7.93. The van der Waals surface area contributed by atoms with E-state index in [0.29, 0.717) is 59.0 Å². The number of anilines is 3. The highest BCUT2D eigenvalue weighted by Crippen LogP contribution is 2.36. The lowest BCUT2D eigenvalue weighted by Gasteiger charge is -2.35. The maximum Gasteiger partial charge on any atom is 0.248 e. The van der Waals surface area contributed by atoms with E-state index in [-0.39, 0.29) is 10.9 Å². The van der Waals surface area contributed by atoms with Gasteiger partial charge in [0, 0.05) is 69.1 Å². The summed E-state index contributed by atoms with van der Waals surface area (Å²) in [5.74, 6) is 0.872. The molecule has 6 rings (SSSR count). The summed E-state index contributed by atoms with van der Waals surface area (Å²) in [7, 11) is 0. The second-order valence-electron chi connectivity index (χ2n) is 11.2. The molecule has 1 unspecified atom stereocenters. The molecule has 9 nitrogen and oxygen atoms in total. The van der Waals surface area contributed by atoms with Gasteiger partial charge in [-0.25, -0.2) is 14.4 Å². The van der Waals surface area contributed by atoms with Gasteiger partial charge in [-0.15, -0.1) is 0 Å². The first-order valence-corrected chi connectivity index (χ1v) is 15.1.